The number of pyridine rings is 1. The van der Waals surface area contributed by atoms with E-state index in [2.05, 4.69) is 5.32 Å². The summed E-state index contributed by atoms with van der Waals surface area (Å²) in [4.78, 5) is 24.5. The van der Waals surface area contributed by atoms with Crippen LogP contribution in [0.3, 0.4) is 0 Å². The molecule has 0 saturated carbocycles. The third kappa shape index (κ3) is 4.11. The van der Waals surface area contributed by atoms with Gasteiger partial charge in [0.05, 0.1) is 10.8 Å². The fourth-order valence-electron chi connectivity index (χ4n) is 3.12. The monoisotopic (exact) mass is 407 g/mol. The highest BCUT2D eigenvalue weighted by Gasteiger charge is 2.27. The first-order chi connectivity index (χ1) is 13.3. The second-order valence-electron chi connectivity index (χ2n) is 7.06. The number of sulfonamides is 1. The molecular formula is C19H25N3O5S. The second kappa shape index (κ2) is 8.42. The van der Waals surface area contributed by atoms with Gasteiger partial charge in [-0.2, -0.15) is 4.31 Å². The van der Waals surface area contributed by atoms with Crippen LogP contribution in [0.4, 0.5) is 0 Å². The van der Waals surface area contributed by atoms with Crippen molar-refractivity contribution in [2.75, 3.05) is 26.2 Å². The molecule has 0 amide bonds. The molecule has 0 aliphatic carbocycles. The Balaban J connectivity index is 1.98. The van der Waals surface area contributed by atoms with E-state index >= 15 is 0 Å². The SMILES string of the molecule is CC(C)C(=O)OCn1ccc2c(S(=O)(=O)N3CCCNCC3)cccc2c1=O. The number of benzene rings is 1. The maximum atomic E-state index is 13.2. The molecule has 3 rings (SSSR count). The van der Waals surface area contributed by atoms with Crippen molar-refractivity contribution < 1.29 is 17.9 Å². The van der Waals surface area contributed by atoms with Gasteiger partial charge >= 0.3 is 5.97 Å². The number of fused-ring (bicyclic) bond motifs is 1. The Morgan fingerprint density at radius 1 is 1.18 bits per heavy atom. The van der Waals surface area contributed by atoms with E-state index < -0.39 is 21.6 Å². The summed E-state index contributed by atoms with van der Waals surface area (Å²) >= 11 is 0. The number of hydrogen-bond acceptors (Lipinski definition) is 6. The van der Waals surface area contributed by atoms with Gasteiger partial charge in [0.15, 0.2) is 6.73 Å². The van der Waals surface area contributed by atoms with Crippen molar-refractivity contribution in [3.05, 3.63) is 40.8 Å². The van der Waals surface area contributed by atoms with E-state index in [1.165, 1.54) is 21.1 Å². The molecule has 8 nitrogen and oxygen atoms in total. The highest BCUT2D eigenvalue weighted by molar-refractivity contribution is 7.89. The molecule has 0 radical (unpaired) electrons. The molecule has 1 saturated heterocycles. The molecule has 0 atom stereocenters. The molecule has 1 aliphatic heterocycles. The molecule has 1 aromatic heterocycles. The smallest absolute Gasteiger partial charge is 0.310 e. The van der Waals surface area contributed by atoms with Gasteiger partial charge in [-0.3, -0.25) is 14.2 Å². The van der Waals surface area contributed by atoms with E-state index in [0.717, 1.165) is 13.0 Å². The lowest BCUT2D eigenvalue weighted by atomic mass is 10.2. The Bertz CT molecular complexity index is 1020. The summed E-state index contributed by atoms with van der Waals surface area (Å²) in [6, 6.07) is 6.26. The van der Waals surface area contributed by atoms with Gasteiger partial charge < -0.3 is 10.1 Å². The molecule has 28 heavy (non-hydrogen) atoms. The van der Waals surface area contributed by atoms with Crippen LogP contribution in [0.25, 0.3) is 10.8 Å². The number of nitrogens with one attached hydrogen (secondary N) is 1. The summed E-state index contributed by atoms with van der Waals surface area (Å²) in [6.45, 7) is 5.41. The first kappa shape index (κ1) is 20.5. The van der Waals surface area contributed by atoms with Crippen LogP contribution in [-0.4, -0.2) is 49.4 Å². The van der Waals surface area contributed by atoms with Gasteiger partial charge in [0, 0.05) is 36.6 Å². The molecule has 1 aromatic carbocycles. The highest BCUT2D eigenvalue weighted by Crippen LogP contribution is 2.24. The van der Waals surface area contributed by atoms with Crippen LogP contribution in [0.1, 0.15) is 20.3 Å². The predicted octanol–water partition coefficient (Wildman–Crippen LogP) is 1.14. The molecule has 9 heteroatoms. The van der Waals surface area contributed by atoms with Crippen LogP contribution in [0.2, 0.25) is 0 Å². The standard InChI is InChI=1S/C19H25N3O5S/c1-14(2)19(24)27-13-21-11-7-15-16(18(21)23)5-3-6-17(15)28(25,26)22-10-4-8-20-9-12-22/h3,5-7,11,14,20H,4,8-10,12-13H2,1-2H3. The maximum Gasteiger partial charge on any atom is 0.310 e. The minimum Gasteiger partial charge on any atom is -0.444 e. The quantitative estimate of drug-likeness (QED) is 0.747. The van der Waals surface area contributed by atoms with E-state index in [4.69, 9.17) is 4.74 Å². The van der Waals surface area contributed by atoms with Crippen LogP contribution in [0, 0.1) is 5.92 Å². The third-order valence-corrected chi connectivity index (χ3v) is 6.67. The number of carbonyl (C=O) groups is 1. The van der Waals surface area contributed by atoms with Gasteiger partial charge in [-0.25, -0.2) is 8.42 Å². The fraction of sp³-hybridized carbons (Fsp3) is 0.474. The summed E-state index contributed by atoms with van der Waals surface area (Å²) in [6.07, 6.45) is 2.19. The van der Waals surface area contributed by atoms with Gasteiger partial charge in [-0.15, -0.1) is 0 Å². The van der Waals surface area contributed by atoms with Gasteiger partial charge in [0.2, 0.25) is 10.0 Å². The molecule has 0 spiro atoms. The van der Waals surface area contributed by atoms with Gasteiger partial charge in [-0.1, -0.05) is 19.9 Å². The van der Waals surface area contributed by atoms with Crippen LogP contribution >= 0.6 is 0 Å². The van der Waals surface area contributed by atoms with Crippen molar-refractivity contribution in [2.45, 2.75) is 31.9 Å². The molecule has 1 N–H and O–H groups in total. The molecular weight excluding hydrogens is 382 g/mol. The van der Waals surface area contributed by atoms with Crippen molar-refractivity contribution in [1.29, 1.82) is 0 Å². The maximum absolute atomic E-state index is 13.2. The van der Waals surface area contributed by atoms with Crippen LogP contribution in [-0.2, 0) is 26.3 Å². The number of aromatic nitrogens is 1. The number of esters is 1. The summed E-state index contributed by atoms with van der Waals surface area (Å²) < 4.78 is 34.2. The third-order valence-electron chi connectivity index (χ3n) is 4.71. The average Bonchev–Trinajstić information content (AvgIpc) is 2.97. The topological polar surface area (TPSA) is 97.7 Å². The lowest BCUT2D eigenvalue weighted by Crippen LogP contribution is -2.34. The Labute approximate surface area is 164 Å². The first-order valence-electron chi connectivity index (χ1n) is 9.32. The molecule has 1 fully saturated rings. The Morgan fingerprint density at radius 3 is 2.71 bits per heavy atom. The lowest BCUT2D eigenvalue weighted by Gasteiger charge is -2.20. The predicted molar refractivity (Wildman–Crippen MR) is 105 cm³/mol. The second-order valence-corrected chi connectivity index (χ2v) is 8.97. The van der Waals surface area contributed by atoms with Gasteiger partial charge in [-0.05, 0) is 31.2 Å². The fourth-order valence-corrected chi connectivity index (χ4v) is 4.80. The number of ether oxygens (including phenoxy) is 1. The summed E-state index contributed by atoms with van der Waals surface area (Å²) in [7, 11) is -3.72. The Morgan fingerprint density at radius 2 is 1.96 bits per heavy atom. The van der Waals surface area contributed by atoms with Crippen LogP contribution in [0.15, 0.2) is 40.2 Å². The van der Waals surface area contributed by atoms with Crippen molar-refractivity contribution in [3.63, 3.8) is 0 Å². The van der Waals surface area contributed by atoms with Crippen LogP contribution in [0.5, 0.6) is 0 Å². The summed E-state index contributed by atoms with van der Waals surface area (Å²) in [5.41, 5.74) is -0.399. The number of rotatable bonds is 5. The molecule has 0 bridgehead atoms. The average molecular weight is 407 g/mol. The number of nitrogens with zero attached hydrogens (tertiary/aromatic N) is 2. The van der Waals surface area contributed by atoms with Crippen molar-refractivity contribution in [2.24, 2.45) is 5.92 Å². The zero-order chi connectivity index (χ0) is 20.3. The highest BCUT2D eigenvalue weighted by atomic mass is 32.2. The molecule has 1 aliphatic rings. The summed E-state index contributed by atoms with van der Waals surface area (Å²) in [5.74, 6) is -0.700. The molecule has 2 heterocycles. The zero-order valence-electron chi connectivity index (χ0n) is 16.1. The Kier molecular flexibility index (Phi) is 6.17. The van der Waals surface area contributed by atoms with E-state index in [0.29, 0.717) is 25.0 Å². The van der Waals surface area contributed by atoms with Crippen molar-refractivity contribution >= 4 is 26.8 Å². The minimum atomic E-state index is -3.72. The molecule has 2 aromatic rings. The number of carbonyl (C=O) groups excluding carboxylic acids is 1. The van der Waals surface area contributed by atoms with Gasteiger partial charge in [0.25, 0.3) is 5.56 Å². The zero-order valence-corrected chi connectivity index (χ0v) is 16.9. The molecule has 0 unspecified atom stereocenters. The minimum absolute atomic E-state index is 0.121. The van der Waals surface area contributed by atoms with E-state index in [1.54, 1.807) is 32.0 Å². The Hall–Kier alpha value is -2.23. The first-order valence-corrected chi connectivity index (χ1v) is 10.8. The van der Waals surface area contributed by atoms with Gasteiger partial charge in [0.1, 0.15) is 0 Å². The number of hydrogen-bond donors (Lipinski definition) is 1. The van der Waals surface area contributed by atoms with E-state index in [-0.39, 0.29) is 22.9 Å². The normalized spacial score (nSPS) is 16.2. The summed E-state index contributed by atoms with van der Waals surface area (Å²) in [5, 5.41) is 3.83. The molecule has 152 valence electrons. The van der Waals surface area contributed by atoms with E-state index in [1.807, 2.05) is 0 Å². The van der Waals surface area contributed by atoms with Crippen molar-refractivity contribution in [3.8, 4) is 0 Å². The van der Waals surface area contributed by atoms with E-state index in [9.17, 15) is 18.0 Å². The van der Waals surface area contributed by atoms with Crippen molar-refractivity contribution in [1.82, 2.24) is 14.2 Å². The lowest BCUT2D eigenvalue weighted by molar-refractivity contribution is -0.151. The van der Waals surface area contributed by atoms with Crippen LogP contribution < -0.4 is 10.9 Å². The largest absolute Gasteiger partial charge is 0.444 e.